The van der Waals surface area contributed by atoms with Gasteiger partial charge in [-0.2, -0.15) is 0 Å². The second-order valence-corrected chi connectivity index (χ2v) is 7.02. The van der Waals surface area contributed by atoms with Gasteiger partial charge in [0.25, 0.3) is 5.91 Å². The number of amides is 1. The summed E-state index contributed by atoms with van der Waals surface area (Å²) in [5.74, 6) is 0.641. The van der Waals surface area contributed by atoms with Gasteiger partial charge in [0.2, 0.25) is 11.7 Å². The Morgan fingerprint density at radius 1 is 1.07 bits per heavy atom. The molecule has 27 heavy (non-hydrogen) atoms. The van der Waals surface area contributed by atoms with E-state index in [4.69, 9.17) is 4.42 Å². The van der Waals surface area contributed by atoms with E-state index in [1.807, 2.05) is 60.4 Å². The summed E-state index contributed by atoms with van der Waals surface area (Å²) in [6, 6.07) is 17.7. The SMILES string of the molecule is Cc1nc(-c2ccccc2)oc1C(=O)N1c2ccccc2N(C)CCC1C. The number of anilines is 2. The van der Waals surface area contributed by atoms with Crippen LogP contribution in [0, 0.1) is 6.92 Å². The number of hydrogen-bond acceptors (Lipinski definition) is 4. The Hall–Kier alpha value is -3.08. The monoisotopic (exact) mass is 361 g/mol. The zero-order valence-corrected chi connectivity index (χ0v) is 15.8. The van der Waals surface area contributed by atoms with Gasteiger partial charge < -0.3 is 14.2 Å². The Morgan fingerprint density at radius 2 is 1.74 bits per heavy atom. The molecule has 1 unspecified atom stereocenters. The van der Waals surface area contributed by atoms with E-state index in [1.54, 1.807) is 0 Å². The maximum Gasteiger partial charge on any atom is 0.296 e. The third-order valence-corrected chi connectivity index (χ3v) is 5.11. The maximum absolute atomic E-state index is 13.5. The van der Waals surface area contributed by atoms with Crippen LogP contribution in [0.2, 0.25) is 0 Å². The summed E-state index contributed by atoms with van der Waals surface area (Å²) in [4.78, 5) is 22.0. The van der Waals surface area contributed by atoms with Crippen LogP contribution in [0.4, 0.5) is 11.4 Å². The molecule has 1 amide bonds. The molecule has 0 spiro atoms. The summed E-state index contributed by atoms with van der Waals surface area (Å²) in [7, 11) is 2.06. The summed E-state index contributed by atoms with van der Waals surface area (Å²) < 4.78 is 5.93. The Morgan fingerprint density at radius 3 is 2.48 bits per heavy atom. The van der Waals surface area contributed by atoms with Crippen LogP contribution in [-0.2, 0) is 0 Å². The van der Waals surface area contributed by atoms with Crippen molar-refractivity contribution in [2.75, 3.05) is 23.4 Å². The average molecular weight is 361 g/mol. The molecule has 0 saturated heterocycles. The van der Waals surface area contributed by atoms with Crippen molar-refractivity contribution in [1.82, 2.24) is 4.98 Å². The zero-order valence-electron chi connectivity index (χ0n) is 15.8. The maximum atomic E-state index is 13.5. The highest BCUT2D eigenvalue weighted by Crippen LogP contribution is 2.35. The second-order valence-electron chi connectivity index (χ2n) is 7.02. The smallest absolute Gasteiger partial charge is 0.296 e. The molecule has 0 bridgehead atoms. The molecule has 1 aromatic heterocycles. The number of rotatable bonds is 2. The van der Waals surface area contributed by atoms with E-state index < -0.39 is 0 Å². The number of carbonyl (C=O) groups excluding carboxylic acids is 1. The minimum Gasteiger partial charge on any atom is -0.431 e. The summed E-state index contributed by atoms with van der Waals surface area (Å²) in [5, 5.41) is 0. The van der Waals surface area contributed by atoms with Gasteiger partial charge in [-0.25, -0.2) is 4.98 Å². The molecule has 1 aliphatic heterocycles. The van der Waals surface area contributed by atoms with Crippen molar-refractivity contribution in [2.24, 2.45) is 0 Å². The van der Waals surface area contributed by atoms with Gasteiger partial charge in [0.05, 0.1) is 17.1 Å². The van der Waals surface area contributed by atoms with Crippen molar-refractivity contribution in [3.63, 3.8) is 0 Å². The van der Waals surface area contributed by atoms with Crippen molar-refractivity contribution >= 4 is 17.3 Å². The standard InChI is InChI=1S/C22H23N3O2/c1-15-13-14-24(3)18-11-7-8-12-19(18)25(15)22(26)20-16(2)23-21(27-20)17-9-5-4-6-10-17/h4-12,15H,13-14H2,1-3H3. The first kappa shape index (κ1) is 17.3. The van der Waals surface area contributed by atoms with Crippen molar-refractivity contribution in [2.45, 2.75) is 26.3 Å². The number of carbonyl (C=O) groups is 1. The second kappa shape index (κ2) is 6.91. The summed E-state index contributed by atoms with van der Waals surface area (Å²) >= 11 is 0. The highest BCUT2D eigenvalue weighted by atomic mass is 16.4. The molecule has 0 aliphatic carbocycles. The summed E-state index contributed by atoms with van der Waals surface area (Å²) in [6.45, 7) is 4.80. The molecule has 1 aliphatic rings. The third-order valence-electron chi connectivity index (χ3n) is 5.11. The summed E-state index contributed by atoms with van der Waals surface area (Å²) in [6.07, 6.45) is 0.885. The first-order valence-electron chi connectivity index (χ1n) is 9.23. The molecule has 138 valence electrons. The highest BCUT2D eigenvalue weighted by Gasteiger charge is 2.32. The van der Waals surface area contributed by atoms with E-state index in [-0.39, 0.29) is 11.9 Å². The molecule has 5 heteroatoms. The number of nitrogens with zero attached hydrogens (tertiary/aromatic N) is 3. The lowest BCUT2D eigenvalue weighted by Gasteiger charge is -2.27. The first-order valence-corrected chi connectivity index (χ1v) is 9.23. The molecule has 0 radical (unpaired) electrons. The molecule has 1 atom stereocenters. The van der Waals surface area contributed by atoms with Crippen molar-refractivity contribution in [3.05, 3.63) is 66.1 Å². The van der Waals surface area contributed by atoms with Crippen LogP contribution in [-0.4, -0.2) is 30.5 Å². The Balaban J connectivity index is 1.76. The number of benzene rings is 2. The highest BCUT2D eigenvalue weighted by molar-refractivity contribution is 6.07. The van der Waals surface area contributed by atoms with Gasteiger partial charge in [-0.05, 0) is 44.5 Å². The molecule has 0 saturated carbocycles. The third kappa shape index (κ3) is 3.10. The number of fused-ring (bicyclic) bond motifs is 1. The summed E-state index contributed by atoms with van der Waals surface area (Å²) in [5.41, 5.74) is 3.44. The lowest BCUT2D eigenvalue weighted by atomic mass is 10.1. The van der Waals surface area contributed by atoms with Crippen LogP contribution in [0.1, 0.15) is 29.6 Å². The normalized spacial score (nSPS) is 16.8. The van der Waals surface area contributed by atoms with Crippen LogP contribution in [0.15, 0.2) is 59.0 Å². The van der Waals surface area contributed by atoms with Gasteiger partial charge in [0.15, 0.2) is 0 Å². The van der Waals surface area contributed by atoms with E-state index in [2.05, 4.69) is 29.9 Å². The van der Waals surface area contributed by atoms with Crippen molar-refractivity contribution in [3.8, 4) is 11.5 Å². The molecule has 3 aromatic rings. The zero-order chi connectivity index (χ0) is 19.0. The number of aryl methyl sites for hydroxylation is 1. The topological polar surface area (TPSA) is 49.6 Å². The van der Waals surface area contributed by atoms with Gasteiger partial charge >= 0.3 is 0 Å². The van der Waals surface area contributed by atoms with Crippen LogP contribution >= 0.6 is 0 Å². The fraction of sp³-hybridized carbons (Fsp3) is 0.273. The molecule has 0 fully saturated rings. The van der Waals surface area contributed by atoms with Crippen LogP contribution in [0.25, 0.3) is 11.5 Å². The fourth-order valence-electron chi connectivity index (χ4n) is 3.58. The average Bonchev–Trinajstić information content (AvgIpc) is 3.03. The molecule has 4 rings (SSSR count). The minimum absolute atomic E-state index is 0.0632. The fourth-order valence-corrected chi connectivity index (χ4v) is 3.58. The number of aromatic nitrogens is 1. The number of hydrogen-bond donors (Lipinski definition) is 0. The lowest BCUT2D eigenvalue weighted by Crippen LogP contribution is -2.38. The molecule has 2 aromatic carbocycles. The van der Waals surface area contributed by atoms with Crippen molar-refractivity contribution in [1.29, 1.82) is 0 Å². The predicted molar refractivity (Wildman–Crippen MR) is 107 cm³/mol. The van der Waals surface area contributed by atoms with Gasteiger partial charge in [-0.3, -0.25) is 4.79 Å². The Bertz CT molecular complexity index is 965. The lowest BCUT2D eigenvalue weighted by molar-refractivity contribution is 0.0951. The van der Waals surface area contributed by atoms with E-state index >= 15 is 0 Å². The van der Waals surface area contributed by atoms with E-state index in [0.29, 0.717) is 17.3 Å². The van der Waals surface area contributed by atoms with Crippen LogP contribution in [0.5, 0.6) is 0 Å². The Kier molecular flexibility index (Phi) is 4.44. The number of oxazole rings is 1. The molecule has 5 nitrogen and oxygen atoms in total. The predicted octanol–water partition coefficient (Wildman–Crippen LogP) is 4.53. The molecular weight excluding hydrogens is 338 g/mol. The number of para-hydroxylation sites is 2. The molecule has 2 heterocycles. The molecular formula is C22H23N3O2. The van der Waals surface area contributed by atoms with E-state index in [1.165, 1.54) is 0 Å². The van der Waals surface area contributed by atoms with Crippen molar-refractivity contribution < 1.29 is 9.21 Å². The van der Waals surface area contributed by atoms with E-state index in [0.717, 1.165) is 29.9 Å². The Labute approximate surface area is 159 Å². The van der Waals surface area contributed by atoms with Crippen LogP contribution < -0.4 is 9.80 Å². The minimum atomic E-state index is -0.141. The van der Waals surface area contributed by atoms with Gasteiger partial charge in [-0.15, -0.1) is 0 Å². The first-order chi connectivity index (χ1) is 13.1. The van der Waals surface area contributed by atoms with Gasteiger partial charge in [0.1, 0.15) is 0 Å². The van der Waals surface area contributed by atoms with Gasteiger partial charge in [-0.1, -0.05) is 30.3 Å². The van der Waals surface area contributed by atoms with E-state index in [9.17, 15) is 4.79 Å². The van der Waals surface area contributed by atoms with Crippen LogP contribution in [0.3, 0.4) is 0 Å². The van der Waals surface area contributed by atoms with Gasteiger partial charge in [0, 0.05) is 25.2 Å². The molecule has 0 N–H and O–H groups in total. The quantitative estimate of drug-likeness (QED) is 0.673. The largest absolute Gasteiger partial charge is 0.431 e.